The summed E-state index contributed by atoms with van der Waals surface area (Å²) < 4.78 is 4.66. The number of anilines is 1. The van der Waals surface area contributed by atoms with E-state index < -0.39 is 5.92 Å². The van der Waals surface area contributed by atoms with E-state index in [1.165, 1.54) is 18.2 Å². The molecule has 2 rings (SSSR count). The molecule has 0 aliphatic carbocycles. The number of carbonyl (C=O) groups is 2. The second-order valence-corrected chi connectivity index (χ2v) is 4.62. The van der Waals surface area contributed by atoms with Crippen LogP contribution in [0, 0.1) is 12.8 Å². The Kier molecular flexibility index (Phi) is 3.52. The largest absolute Gasteiger partial charge is 0.469 e. The molecule has 5 nitrogen and oxygen atoms in total. The van der Waals surface area contributed by atoms with E-state index in [-0.39, 0.29) is 18.3 Å². The highest BCUT2D eigenvalue weighted by Crippen LogP contribution is 2.33. The summed E-state index contributed by atoms with van der Waals surface area (Å²) in [6.45, 7) is 2.13. The molecule has 18 heavy (non-hydrogen) atoms. The van der Waals surface area contributed by atoms with Crippen molar-refractivity contribution in [1.29, 1.82) is 0 Å². The van der Waals surface area contributed by atoms with E-state index >= 15 is 0 Å². The number of hydrogen-bond donors (Lipinski definition) is 0. The molecule has 1 saturated heterocycles. The minimum Gasteiger partial charge on any atom is -0.469 e. The highest BCUT2D eigenvalue weighted by atomic mass is 35.5. The van der Waals surface area contributed by atoms with E-state index in [0.717, 1.165) is 5.56 Å². The lowest BCUT2D eigenvalue weighted by molar-refractivity contribution is -0.145. The van der Waals surface area contributed by atoms with Gasteiger partial charge in [-0.3, -0.25) is 14.6 Å². The molecule has 2 heterocycles. The average Bonchev–Trinajstić information content (AvgIpc) is 2.70. The fourth-order valence-corrected chi connectivity index (χ4v) is 2.42. The fourth-order valence-electron chi connectivity index (χ4n) is 2.12. The van der Waals surface area contributed by atoms with E-state index in [9.17, 15) is 9.59 Å². The molecular formula is C12H13ClN2O3. The van der Waals surface area contributed by atoms with Crippen LogP contribution in [0.4, 0.5) is 5.69 Å². The summed E-state index contributed by atoms with van der Waals surface area (Å²) in [5, 5.41) is 0.411. The van der Waals surface area contributed by atoms with Crippen molar-refractivity contribution in [2.45, 2.75) is 13.3 Å². The second kappa shape index (κ2) is 4.94. The van der Waals surface area contributed by atoms with Crippen LogP contribution in [0.2, 0.25) is 5.02 Å². The van der Waals surface area contributed by atoms with Crippen LogP contribution >= 0.6 is 11.6 Å². The maximum Gasteiger partial charge on any atom is 0.311 e. The highest BCUT2D eigenvalue weighted by molar-refractivity contribution is 6.34. The Hall–Kier alpha value is -1.62. The van der Waals surface area contributed by atoms with Gasteiger partial charge in [0.15, 0.2) is 0 Å². The lowest BCUT2D eigenvalue weighted by Crippen LogP contribution is -2.27. The number of carbonyl (C=O) groups excluding carboxylic acids is 2. The number of rotatable bonds is 2. The molecule has 0 aromatic carbocycles. The van der Waals surface area contributed by atoms with E-state index in [2.05, 4.69) is 9.72 Å². The molecule has 0 N–H and O–H groups in total. The number of aromatic nitrogens is 1. The first-order valence-electron chi connectivity index (χ1n) is 5.53. The Labute approximate surface area is 110 Å². The van der Waals surface area contributed by atoms with Crippen LogP contribution in [-0.4, -0.2) is 30.5 Å². The monoisotopic (exact) mass is 268 g/mol. The van der Waals surface area contributed by atoms with Crippen molar-refractivity contribution in [3.63, 3.8) is 0 Å². The van der Waals surface area contributed by atoms with Gasteiger partial charge in [-0.2, -0.15) is 0 Å². The van der Waals surface area contributed by atoms with Gasteiger partial charge in [-0.05, 0) is 12.5 Å². The van der Waals surface area contributed by atoms with Crippen molar-refractivity contribution in [2.24, 2.45) is 5.92 Å². The zero-order valence-electron chi connectivity index (χ0n) is 10.1. The maximum absolute atomic E-state index is 11.9. The number of esters is 1. The lowest BCUT2D eigenvalue weighted by atomic mass is 10.1. The molecule has 1 aromatic heterocycles. The maximum atomic E-state index is 11.9. The van der Waals surface area contributed by atoms with Crippen LogP contribution < -0.4 is 4.90 Å². The molecule has 1 fully saturated rings. The Balaban J connectivity index is 2.30. The van der Waals surface area contributed by atoms with Gasteiger partial charge in [0.05, 0.1) is 23.7 Å². The standard InChI is InChI=1S/C12H13ClN2O3/c1-7-4-14-5-9(13)11(7)15-6-8(3-10(15)16)12(17)18-2/h4-5,8H,3,6H2,1-2H3. The normalized spacial score (nSPS) is 19.2. The van der Waals surface area contributed by atoms with Crippen LogP contribution in [0.1, 0.15) is 12.0 Å². The van der Waals surface area contributed by atoms with Crippen molar-refractivity contribution in [3.8, 4) is 0 Å². The SMILES string of the molecule is COC(=O)C1CC(=O)N(c2c(C)cncc2Cl)C1. The second-order valence-electron chi connectivity index (χ2n) is 4.22. The van der Waals surface area contributed by atoms with Gasteiger partial charge in [0.1, 0.15) is 0 Å². The topological polar surface area (TPSA) is 59.5 Å². The van der Waals surface area contributed by atoms with Gasteiger partial charge in [-0.1, -0.05) is 11.6 Å². The summed E-state index contributed by atoms with van der Waals surface area (Å²) in [5.74, 6) is -0.915. The zero-order valence-corrected chi connectivity index (χ0v) is 10.9. The van der Waals surface area contributed by atoms with Crippen LogP contribution in [0.5, 0.6) is 0 Å². The Morgan fingerprint density at radius 3 is 2.89 bits per heavy atom. The molecule has 0 radical (unpaired) electrons. The number of hydrogen-bond acceptors (Lipinski definition) is 4. The smallest absolute Gasteiger partial charge is 0.311 e. The fraction of sp³-hybridized carbons (Fsp3) is 0.417. The van der Waals surface area contributed by atoms with Crippen LogP contribution in [0.25, 0.3) is 0 Å². The minimum atomic E-state index is -0.425. The minimum absolute atomic E-state index is 0.124. The van der Waals surface area contributed by atoms with Crippen molar-refractivity contribution < 1.29 is 14.3 Å². The number of methoxy groups -OCH3 is 1. The van der Waals surface area contributed by atoms with E-state index in [4.69, 9.17) is 11.6 Å². The third-order valence-electron chi connectivity index (χ3n) is 2.99. The van der Waals surface area contributed by atoms with Gasteiger partial charge in [0, 0.05) is 25.4 Å². The molecule has 1 aromatic rings. The third kappa shape index (κ3) is 2.18. The number of nitrogens with zero attached hydrogens (tertiary/aromatic N) is 2. The zero-order chi connectivity index (χ0) is 13.3. The summed E-state index contributed by atoms with van der Waals surface area (Å²) in [7, 11) is 1.32. The van der Waals surface area contributed by atoms with E-state index in [1.807, 2.05) is 6.92 Å². The van der Waals surface area contributed by atoms with Crippen LogP contribution in [0.15, 0.2) is 12.4 Å². The van der Waals surface area contributed by atoms with Gasteiger partial charge in [0.2, 0.25) is 5.91 Å². The van der Waals surface area contributed by atoms with Crippen molar-refractivity contribution in [1.82, 2.24) is 4.98 Å². The van der Waals surface area contributed by atoms with Crippen LogP contribution in [0.3, 0.4) is 0 Å². The molecule has 1 atom stereocenters. The first kappa shape index (κ1) is 12.8. The first-order chi connectivity index (χ1) is 8.54. The number of halogens is 1. The molecule has 0 spiro atoms. The number of pyridine rings is 1. The first-order valence-corrected chi connectivity index (χ1v) is 5.90. The molecule has 1 amide bonds. The van der Waals surface area contributed by atoms with Crippen molar-refractivity contribution in [2.75, 3.05) is 18.6 Å². The van der Waals surface area contributed by atoms with Crippen molar-refractivity contribution in [3.05, 3.63) is 23.0 Å². The summed E-state index contributed by atoms with van der Waals surface area (Å²) in [6.07, 6.45) is 3.29. The predicted octanol–water partition coefficient (Wildman–Crippen LogP) is 1.57. The number of aryl methyl sites for hydroxylation is 1. The molecular weight excluding hydrogens is 256 g/mol. The summed E-state index contributed by atoms with van der Waals surface area (Å²) in [5.41, 5.74) is 1.43. The molecule has 0 saturated carbocycles. The van der Waals surface area contributed by atoms with E-state index in [0.29, 0.717) is 17.3 Å². The van der Waals surface area contributed by atoms with Gasteiger partial charge >= 0.3 is 5.97 Å². The average molecular weight is 269 g/mol. The van der Waals surface area contributed by atoms with Gasteiger partial charge in [-0.25, -0.2) is 0 Å². The van der Waals surface area contributed by atoms with Gasteiger partial charge in [0.25, 0.3) is 0 Å². The van der Waals surface area contributed by atoms with Gasteiger partial charge in [-0.15, -0.1) is 0 Å². The summed E-state index contributed by atoms with van der Waals surface area (Å²) >= 11 is 6.06. The number of amides is 1. The van der Waals surface area contributed by atoms with Gasteiger partial charge < -0.3 is 9.64 Å². The van der Waals surface area contributed by atoms with E-state index in [1.54, 1.807) is 6.20 Å². The quantitative estimate of drug-likeness (QED) is 0.764. The summed E-state index contributed by atoms with van der Waals surface area (Å²) in [6, 6.07) is 0. The highest BCUT2D eigenvalue weighted by Gasteiger charge is 2.37. The van der Waals surface area contributed by atoms with Crippen LogP contribution in [-0.2, 0) is 14.3 Å². The number of ether oxygens (including phenoxy) is 1. The molecule has 1 aliphatic heterocycles. The molecule has 1 unspecified atom stereocenters. The lowest BCUT2D eigenvalue weighted by Gasteiger charge is -2.19. The van der Waals surface area contributed by atoms with Crippen molar-refractivity contribution >= 4 is 29.2 Å². The Morgan fingerprint density at radius 2 is 2.28 bits per heavy atom. The molecule has 0 bridgehead atoms. The Bertz CT molecular complexity index is 484. The summed E-state index contributed by atoms with van der Waals surface area (Å²) in [4.78, 5) is 28.9. The molecule has 1 aliphatic rings. The predicted molar refractivity (Wildman–Crippen MR) is 66.5 cm³/mol. The molecule has 6 heteroatoms. The Morgan fingerprint density at radius 1 is 1.56 bits per heavy atom. The third-order valence-corrected chi connectivity index (χ3v) is 3.26. The molecule has 96 valence electrons.